The zero-order chi connectivity index (χ0) is 21.5. The number of ether oxygens (including phenoxy) is 1. The lowest BCUT2D eigenvalue weighted by Crippen LogP contribution is -2.44. The van der Waals surface area contributed by atoms with E-state index in [-0.39, 0.29) is 29.8 Å². The molecule has 0 aromatic heterocycles. The van der Waals surface area contributed by atoms with Crippen LogP contribution in [0.4, 0.5) is 0 Å². The highest BCUT2D eigenvalue weighted by atomic mass is 16.5. The molecule has 0 unspecified atom stereocenters. The molecule has 2 N–H and O–H groups in total. The number of carbonyl (C=O) groups excluding carboxylic acids is 2. The molecule has 2 saturated carbocycles. The van der Waals surface area contributed by atoms with E-state index in [1.807, 2.05) is 19.1 Å². The fourth-order valence-corrected chi connectivity index (χ4v) is 7.11. The molecule has 0 saturated heterocycles. The van der Waals surface area contributed by atoms with Crippen LogP contribution in [-0.4, -0.2) is 30.1 Å². The second-order valence-corrected chi connectivity index (χ2v) is 9.97. The second kappa shape index (κ2) is 8.24. The Balaban J connectivity index is 1.44. The molecule has 0 heterocycles. The number of hydrogen-bond donors (Lipinski definition) is 2. The number of phenols is 1. The fraction of sp³-hybridized carbons (Fsp3) is 0.680. The number of rotatable bonds is 5. The third kappa shape index (κ3) is 3.72. The van der Waals surface area contributed by atoms with Gasteiger partial charge in [-0.25, -0.2) is 0 Å². The van der Waals surface area contributed by atoms with Crippen LogP contribution in [-0.2, 0) is 20.7 Å². The number of esters is 1. The van der Waals surface area contributed by atoms with Gasteiger partial charge in [-0.3, -0.25) is 9.59 Å². The molecule has 0 radical (unpaired) electrons. The minimum Gasteiger partial charge on any atom is -0.508 e. The molecule has 3 aliphatic carbocycles. The average Bonchev–Trinajstić information content (AvgIpc) is 3.07. The molecule has 4 rings (SSSR count). The van der Waals surface area contributed by atoms with E-state index in [1.165, 1.54) is 30.9 Å². The van der Waals surface area contributed by atoms with E-state index in [2.05, 4.69) is 18.3 Å². The molecule has 164 valence electrons. The fourth-order valence-electron chi connectivity index (χ4n) is 7.11. The van der Waals surface area contributed by atoms with Gasteiger partial charge in [-0.1, -0.05) is 19.9 Å². The zero-order valence-corrected chi connectivity index (χ0v) is 18.4. The van der Waals surface area contributed by atoms with Crippen LogP contribution in [0, 0.1) is 29.1 Å². The summed E-state index contributed by atoms with van der Waals surface area (Å²) in [7, 11) is 0. The van der Waals surface area contributed by atoms with Gasteiger partial charge in [0.1, 0.15) is 12.4 Å². The van der Waals surface area contributed by atoms with Crippen molar-refractivity contribution < 1.29 is 19.4 Å². The Hall–Kier alpha value is -2.04. The average molecular weight is 414 g/mol. The summed E-state index contributed by atoms with van der Waals surface area (Å²) < 4.78 is 5.48. The van der Waals surface area contributed by atoms with Gasteiger partial charge in [0, 0.05) is 6.92 Å². The summed E-state index contributed by atoms with van der Waals surface area (Å²) in [6, 6.07) is 5.94. The summed E-state index contributed by atoms with van der Waals surface area (Å²) in [5.41, 5.74) is 2.96. The molecule has 1 aromatic carbocycles. The van der Waals surface area contributed by atoms with Gasteiger partial charge in [-0.05, 0) is 90.9 Å². The van der Waals surface area contributed by atoms with Crippen LogP contribution in [0.5, 0.6) is 5.75 Å². The Kier molecular flexibility index (Phi) is 5.82. The summed E-state index contributed by atoms with van der Waals surface area (Å²) in [4.78, 5) is 23.7. The van der Waals surface area contributed by atoms with Gasteiger partial charge in [-0.15, -0.1) is 0 Å². The Bertz CT molecular complexity index is 821. The van der Waals surface area contributed by atoms with Gasteiger partial charge in [0.2, 0.25) is 5.91 Å². The van der Waals surface area contributed by atoms with E-state index in [0.29, 0.717) is 36.0 Å². The van der Waals surface area contributed by atoms with E-state index >= 15 is 0 Å². The van der Waals surface area contributed by atoms with E-state index < -0.39 is 0 Å². The number of fused-ring (bicyclic) bond motifs is 5. The van der Waals surface area contributed by atoms with E-state index in [1.54, 1.807) is 0 Å². The van der Waals surface area contributed by atoms with E-state index in [9.17, 15) is 14.7 Å². The molecular formula is C25H35NO4. The highest BCUT2D eigenvalue weighted by Crippen LogP contribution is 2.64. The lowest BCUT2D eigenvalue weighted by molar-refractivity contribution is -0.152. The maximum Gasteiger partial charge on any atom is 0.309 e. The van der Waals surface area contributed by atoms with Gasteiger partial charge in [0.15, 0.2) is 0 Å². The SMILES string of the molecule is CC(=O)NCCOC(=O)[C@@H](C)[C@H]1CC[C@H]2[C@@H]3CCc4cc(O)ccc4[C@H]3CC[C@]12C. The van der Waals surface area contributed by atoms with Crippen LogP contribution in [0.1, 0.15) is 69.9 Å². The third-order valence-electron chi connectivity index (χ3n) is 8.48. The molecule has 0 bridgehead atoms. The molecule has 0 aliphatic heterocycles. The number of aryl methyl sites for hydroxylation is 1. The summed E-state index contributed by atoms with van der Waals surface area (Å²) >= 11 is 0. The topological polar surface area (TPSA) is 75.6 Å². The number of aromatic hydroxyl groups is 1. The Labute approximate surface area is 179 Å². The number of amides is 1. The lowest BCUT2D eigenvalue weighted by atomic mass is 9.53. The third-order valence-corrected chi connectivity index (χ3v) is 8.48. The minimum atomic E-state index is -0.126. The molecular weight excluding hydrogens is 378 g/mol. The molecule has 6 atom stereocenters. The van der Waals surface area contributed by atoms with Crippen LogP contribution in [0.15, 0.2) is 18.2 Å². The first-order valence-electron chi connectivity index (χ1n) is 11.5. The van der Waals surface area contributed by atoms with Crippen LogP contribution in [0.25, 0.3) is 0 Å². The van der Waals surface area contributed by atoms with Crippen molar-refractivity contribution in [2.24, 2.45) is 29.1 Å². The molecule has 1 aromatic rings. The van der Waals surface area contributed by atoms with Gasteiger partial charge in [0.25, 0.3) is 0 Å². The largest absolute Gasteiger partial charge is 0.508 e. The molecule has 2 fully saturated rings. The Morgan fingerprint density at radius 2 is 2.07 bits per heavy atom. The summed E-state index contributed by atoms with van der Waals surface area (Å²) in [6.45, 7) is 6.52. The predicted molar refractivity (Wildman–Crippen MR) is 115 cm³/mol. The molecule has 5 heteroatoms. The van der Waals surface area contributed by atoms with Crippen molar-refractivity contribution >= 4 is 11.9 Å². The number of phenolic OH excluding ortho intramolecular Hbond substituents is 1. The Morgan fingerprint density at radius 1 is 1.27 bits per heavy atom. The van der Waals surface area contributed by atoms with Gasteiger partial charge in [-0.2, -0.15) is 0 Å². The van der Waals surface area contributed by atoms with Crippen molar-refractivity contribution in [2.45, 2.75) is 65.2 Å². The van der Waals surface area contributed by atoms with Crippen molar-refractivity contribution in [2.75, 3.05) is 13.2 Å². The van der Waals surface area contributed by atoms with Crippen molar-refractivity contribution in [1.82, 2.24) is 5.32 Å². The van der Waals surface area contributed by atoms with Crippen molar-refractivity contribution in [3.8, 4) is 5.75 Å². The zero-order valence-electron chi connectivity index (χ0n) is 18.4. The van der Waals surface area contributed by atoms with Gasteiger partial charge < -0.3 is 15.2 Å². The smallest absolute Gasteiger partial charge is 0.309 e. The Morgan fingerprint density at radius 3 is 2.83 bits per heavy atom. The van der Waals surface area contributed by atoms with Crippen LogP contribution >= 0.6 is 0 Å². The number of carbonyl (C=O) groups is 2. The first kappa shape index (κ1) is 21.2. The maximum atomic E-state index is 12.7. The number of hydrogen-bond acceptors (Lipinski definition) is 4. The lowest BCUT2D eigenvalue weighted by Gasteiger charge is -2.51. The van der Waals surface area contributed by atoms with E-state index in [4.69, 9.17) is 4.74 Å². The highest BCUT2D eigenvalue weighted by Gasteiger charge is 2.56. The molecule has 0 spiro atoms. The van der Waals surface area contributed by atoms with Gasteiger partial charge in [0.05, 0.1) is 12.5 Å². The number of nitrogens with one attached hydrogen (secondary N) is 1. The minimum absolute atomic E-state index is 0.105. The summed E-state index contributed by atoms with van der Waals surface area (Å²) in [5.74, 6) is 2.31. The molecule has 5 nitrogen and oxygen atoms in total. The van der Waals surface area contributed by atoms with Crippen molar-refractivity contribution in [1.29, 1.82) is 0 Å². The molecule has 1 amide bonds. The standard InChI is InChI=1S/C25H35NO4/c1-15(24(29)30-13-12-26-16(2)27)22-8-9-23-21-6-4-17-14-18(28)5-7-19(17)20(21)10-11-25(22,23)3/h5,7,14-15,20-23,28H,4,6,8-13H2,1-3H3,(H,26,27)/t15-,20+,21+,22+,23-,25+/m0/s1. The van der Waals surface area contributed by atoms with E-state index in [0.717, 1.165) is 25.7 Å². The van der Waals surface area contributed by atoms with Crippen molar-refractivity contribution in [3.63, 3.8) is 0 Å². The van der Waals surface area contributed by atoms with Crippen LogP contribution < -0.4 is 5.32 Å². The first-order valence-corrected chi connectivity index (χ1v) is 11.5. The first-order chi connectivity index (χ1) is 14.3. The maximum absolute atomic E-state index is 12.7. The molecule has 3 aliphatic rings. The normalized spacial score (nSPS) is 33.0. The van der Waals surface area contributed by atoms with Crippen molar-refractivity contribution in [3.05, 3.63) is 29.3 Å². The van der Waals surface area contributed by atoms with Gasteiger partial charge >= 0.3 is 5.97 Å². The quantitative estimate of drug-likeness (QED) is 0.561. The number of benzene rings is 1. The molecule has 30 heavy (non-hydrogen) atoms. The second-order valence-electron chi connectivity index (χ2n) is 9.97. The predicted octanol–water partition coefficient (Wildman–Crippen LogP) is 4.18. The summed E-state index contributed by atoms with van der Waals surface area (Å²) in [5, 5.41) is 12.5. The monoisotopic (exact) mass is 413 g/mol. The van der Waals surface area contributed by atoms with Crippen LogP contribution in [0.3, 0.4) is 0 Å². The summed E-state index contributed by atoms with van der Waals surface area (Å²) in [6.07, 6.45) is 6.82. The van der Waals surface area contributed by atoms with Crippen LogP contribution in [0.2, 0.25) is 0 Å². The highest BCUT2D eigenvalue weighted by molar-refractivity contribution is 5.73.